The fourth-order valence-electron chi connectivity index (χ4n) is 1.29. The van der Waals surface area contributed by atoms with Crippen LogP contribution in [0.1, 0.15) is 5.56 Å². The van der Waals surface area contributed by atoms with Gasteiger partial charge in [0.1, 0.15) is 0 Å². The smallest absolute Gasteiger partial charge is 0.264 e. The van der Waals surface area contributed by atoms with Gasteiger partial charge in [-0.15, -0.1) is 0 Å². The van der Waals surface area contributed by atoms with Crippen molar-refractivity contribution >= 4 is 69.8 Å². The first kappa shape index (κ1) is 16.6. The Labute approximate surface area is 132 Å². The average Bonchev–Trinajstić information content (AvgIpc) is 2.33. The lowest BCUT2D eigenvalue weighted by Gasteiger charge is -2.24. The molecule has 5 nitrogen and oxygen atoms in total. The van der Waals surface area contributed by atoms with Gasteiger partial charge in [-0.2, -0.15) is 0 Å². The molecule has 0 heterocycles. The fraction of sp³-hybridized carbons (Fsp3) is 0.111. The van der Waals surface area contributed by atoms with Crippen LogP contribution in [-0.4, -0.2) is 16.9 Å². The summed E-state index contributed by atoms with van der Waals surface area (Å²) in [5.41, 5.74) is 6.33. The largest absolute Gasteiger partial charge is 0.368 e. The summed E-state index contributed by atoms with van der Waals surface area (Å²) in [6.07, 6.45) is 0. The predicted molar refractivity (Wildman–Crippen MR) is 73.8 cm³/mol. The van der Waals surface area contributed by atoms with Gasteiger partial charge in [0.15, 0.2) is 0 Å². The molecular formula is C9H5Cl5N2O3. The minimum atomic E-state index is -2.97. The Kier molecular flexibility index (Phi) is 4.83. The van der Waals surface area contributed by atoms with E-state index in [9.17, 15) is 14.7 Å². The molecule has 0 atom stereocenters. The van der Waals surface area contributed by atoms with Crippen LogP contribution in [0.5, 0.6) is 0 Å². The van der Waals surface area contributed by atoms with Crippen LogP contribution in [0.3, 0.4) is 0 Å². The Hall–Kier alpha value is -0.430. The summed E-state index contributed by atoms with van der Waals surface area (Å²) < 4.78 is 0. The first-order chi connectivity index (χ1) is 8.56. The maximum atomic E-state index is 11.3. The molecule has 0 aliphatic heterocycles. The molecule has 0 bridgehead atoms. The number of rotatable bonds is 3. The zero-order chi connectivity index (χ0) is 15.1. The van der Waals surface area contributed by atoms with Crippen LogP contribution in [0.2, 0.25) is 25.1 Å². The zero-order valence-electron chi connectivity index (χ0n) is 8.81. The van der Waals surface area contributed by atoms with Crippen molar-refractivity contribution in [2.75, 3.05) is 0 Å². The molecule has 0 spiro atoms. The summed E-state index contributed by atoms with van der Waals surface area (Å²) in [7, 11) is 0. The Morgan fingerprint density at radius 2 is 1.05 bits per heavy atom. The minimum absolute atomic E-state index is 0.210. The van der Waals surface area contributed by atoms with E-state index in [1.165, 1.54) is 0 Å². The number of hydrogen-bond acceptors (Lipinski definition) is 3. The summed E-state index contributed by atoms with van der Waals surface area (Å²) in [5.74, 6) is -2.98. The number of primary amides is 2. The molecule has 1 aromatic rings. The second-order valence-corrected chi connectivity index (χ2v) is 5.27. The minimum Gasteiger partial charge on any atom is -0.368 e. The van der Waals surface area contributed by atoms with Crippen molar-refractivity contribution < 1.29 is 14.7 Å². The number of amides is 2. The predicted octanol–water partition coefficient (Wildman–Crippen LogP) is 2.11. The van der Waals surface area contributed by atoms with E-state index < -0.39 is 33.0 Å². The van der Waals surface area contributed by atoms with Gasteiger partial charge in [0, 0.05) is 5.56 Å². The van der Waals surface area contributed by atoms with Gasteiger partial charge < -0.3 is 16.6 Å². The van der Waals surface area contributed by atoms with E-state index in [2.05, 4.69) is 0 Å². The van der Waals surface area contributed by atoms with Crippen LogP contribution in [0.25, 0.3) is 0 Å². The van der Waals surface area contributed by atoms with Crippen molar-refractivity contribution in [3.05, 3.63) is 30.7 Å². The maximum absolute atomic E-state index is 11.3. The van der Waals surface area contributed by atoms with E-state index in [-0.39, 0.29) is 15.1 Å². The third kappa shape index (κ3) is 2.46. The normalized spacial score (nSPS) is 11.5. The van der Waals surface area contributed by atoms with Gasteiger partial charge in [-0.05, 0) is 0 Å². The molecular weight excluding hydrogens is 361 g/mol. The maximum Gasteiger partial charge on any atom is 0.264 e. The van der Waals surface area contributed by atoms with Crippen LogP contribution in [0.4, 0.5) is 0 Å². The number of carbonyl (C=O) groups excluding carboxylic acids is 2. The molecule has 0 saturated carbocycles. The van der Waals surface area contributed by atoms with E-state index in [0.29, 0.717) is 0 Å². The molecule has 0 aliphatic rings. The molecule has 104 valence electrons. The van der Waals surface area contributed by atoms with Crippen molar-refractivity contribution in [2.24, 2.45) is 11.5 Å². The molecule has 0 aromatic heterocycles. The van der Waals surface area contributed by atoms with Crippen LogP contribution in [0.15, 0.2) is 0 Å². The number of carbonyl (C=O) groups is 2. The lowest BCUT2D eigenvalue weighted by atomic mass is 9.92. The summed E-state index contributed by atoms with van der Waals surface area (Å²) >= 11 is 28.9. The molecule has 19 heavy (non-hydrogen) atoms. The zero-order valence-corrected chi connectivity index (χ0v) is 12.6. The van der Waals surface area contributed by atoms with Crippen molar-refractivity contribution in [3.8, 4) is 0 Å². The molecule has 2 amide bonds. The van der Waals surface area contributed by atoms with E-state index in [4.69, 9.17) is 69.5 Å². The summed E-state index contributed by atoms with van der Waals surface area (Å²) in [6.45, 7) is 0. The molecule has 0 saturated heterocycles. The Morgan fingerprint density at radius 3 is 1.32 bits per heavy atom. The van der Waals surface area contributed by atoms with Crippen molar-refractivity contribution in [1.29, 1.82) is 0 Å². The van der Waals surface area contributed by atoms with Gasteiger partial charge in [-0.1, -0.05) is 58.0 Å². The van der Waals surface area contributed by atoms with E-state index in [1.54, 1.807) is 0 Å². The highest BCUT2D eigenvalue weighted by molar-refractivity contribution is 6.55. The van der Waals surface area contributed by atoms with E-state index in [0.717, 1.165) is 0 Å². The molecule has 1 rings (SSSR count). The number of benzene rings is 1. The van der Waals surface area contributed by atoms with Crippen molar-refractivity contribution in [2.45, 2.75) is 5.60 Å². The monoisotopic (exact) mass is 364 g/mol. The van der Waals surface area contributed by atoms with Crippen LogP contribution in [0, 0.1) is 0 Å². The Bertz CT molecular complexity index is 547. The highest BCUT2D eigenvalue weighted by atomic mass is 35.5. The Balaban J connectivity index is 3.87. The number of halogens is 5. The highest BCUT2D eigenvalue weighted by Gasteiger charge is 2.47. The quantitative estimate of drug-likeness (QED) is 0.433. The molecule has 10 heteroatoms. The van der Waals surface area contributed by atoms with Crippen molar-refractivity contribution in [1.82, 2.24) is 0 Å². The molecule has 0 fully saturated rings. The SMILES string of the molecule is NC(=O)C(O)(C(N)=O)c1c(Cl)c(Cl)c(Cl)c(Cl)c1Cl. The highest BCUT2D eigenvalue weighted by Crippen LogP contribution is 2.47. The average molecular weight is 366 g/mol. The van der Waals surface area contributed by atoms with Gasteiger partial charge in [-0.3, -0.25) is 9.59 Å². The van der Waals surface area contributed by atoms with Gasteiger partial charge in [0.25, 0.3) is 17.4 Å². The summed E-state index contributed by atoms with van der Waals surface area (Å²) in [4.78, 5) is 22.6. The topological polar surface area (TPSA) is 106 Å². The van der Waals surface area contributed by atoms with Gasteiger partial charge in [0.2, 0.25) is 0 Å². The van der Waals surface area contributed by atoms with Gasteiger partial charge in [-0.25, -0.2) is 0 Å². The Morgan fingerprint density at radius 1 is 0.789 bits per heavy atom. The number of aliphatic hydroxyl groups is 1. The van der Waals surface area contributed by atoms with Crippen LogP contribution in [-0.2, 0) is 15.2 Å². The number of hydrogen-bond donors (Lipinski definition) is 3. The molecule has 0 unspecified atom stereocenters. The second-order valence-electron chi connectivity index (χ2n) is 3.38. The fourth-order valence-corrected chi connectivity index (χ4v) is 2.70. The van der Waals surface area contributed by atoms with Gasteiger partial charge >= 0.3 is 0 Å². The third-order valence-corrected chi connectivity index (χ3v) is 4.56. The molecule has 1 aromatic carbocycles. The standard InChI is InChI=1S/C9H5Cl5N2O3/c10-2-1(9(19,7(15)17)8(16)18)3(11)5(13)6(14)4(2)12/h19H,(H2,15,17)(H2,16,18). The second kappa shape index (κ2) is 5.52. The molecule has 0 radical (unpaired) electrons. The van der Waals surface area contributed by atoms with Crippen LogP contribution < -0.4 is 11.5 Å². The van der Waals surface area contributed by atoms with Crippen molar-refractivity contribution in [3.63, 3.8) is 0 Å². The lowest BCUT2D eigenvalue weighted by Crippen LogP contribution is -2.51. The van der Waals surface area contributed by atoms with E-state index >= 15 is 0 Å². The third-order valence-electron chi connectivity index (χ3n) is 2.28. The molecule has 0 aliphatic carbocycles. The van der Waals surface area contributed by atoms with Crippen LogP contribution >= 0.6 is 58.0 Å². The first-order valence-electron chi connectivity index (χ1n) is 4.40. The summed E-state index contributed by atoms with van der Waals surface area (Å²) in [5, 5.41) is 8.31. The first-order valence-corrected chi connectivity index (χ1v) is 6.29. The summed E-state index contributed by atoms with van der Waals surface area (Å²) in [6, 6.07) is 0. The number of nitrogens with two attached hydrogens (primary N) is 2. The molecule has 5 N–H and O–H groups in total. The van der Waals surface area contributed by atoms with E-state index in [1.807, 2.05) is 0 Å². The van der Waals surface area contributed by atoms with Gasteiger partial charge in [0.05, 0.1) is 25.1 Å². The lowest BCUT2D eigenvalue weighted by molar-refractivity contribution is -0.150.